The lowest BCUT2D eigenvalue weighted by Crippen LogP contribution is -2.61. The third-order valence-corrected chi connectivity index (χ3v) is 7.08. The minimum Gasteiger partial charge on any atom is -0.467 e. The predicted molar refractivity (Wildman–Crippen MR) is 120 cm³/mol. The molecule has 1 heterocycles. The van der Waals surface area contributed by atoms with E-state index in [0.29, 0.717) is 13.1 Å². The van der Waals surface area contributed by atoms with Crippen molar-refractivity contribution in [2.24, 2.45) is 28.1 Å². The summed E-state index contributed by atoms with van der Waals surface area (Å²) in [6, 6.07) is -1.87. The number of carbonyl (C=O) groups excluding carboxylic acids is 3. The number of fused-ring (bicyclic) bond motifs is 1. The Bertz CT molecular complexity index is 707. The molecule has 5 atom stereocenters. The van der Waals surface area contributed by atoms with Crippen LogP contribution in [-0.4, -0.2) is 68.2 Å². The Morgan fingerprint density at radius 3 is 2.10 bits per heavy atom. The van der Waals surface area contributed by atoms with Crippen LogP contribution < -0.4 is 16.0 Å². The smallest absolute Gasteiger partial charge is 0.328 e. The maximum absolute atomic E-state index is 13.6. The molecule has 31 heavy (non-hydrogen) atoms. The van der Waals surface area contributed by atoms with Crippen LogP contribution in [0.15, 0.2) is 0 Å². The number of methoxy groups -OCH3 is 1. The first-order valence-electron chi connectivity index (χ1n) is 11.2. The first kappa shape index (κ1) is 25.4. The van der Waals surface area contributed by atoms with Crippen LogP contribution in [0.3, 0.4) is 0 Å². The van der Waals surface area contributed by atoms with E-state index in [1.165, 1.54) is 7.11 Å². The van der Waals surface area contributed by atoms with Crippen molar-refractivity contribution in [3.63, 3.8) is 0 Å². The quantitative estimate of drug-likeness (QED) is 0.551. The van der Waals surface area contributed by atoms with Crippen molar-refractivity contribution >= 4 is 17.9 Å². The molecule has 1 saturated heterocycles. The van der Waals surface area contributed by atoms with Crippen LogP contribution in [-0.2, 0) is 14.3 Å². The molecule has 0 unspecified atom stereocenters. The van der Waals surface area contributed by atoms with E-state index in [0.717, 1.165) is 0 Å². The van der Waals surface area contributed by atoms with Crippen molar-refractivity contribution in [2.45, 2.75) is 73.5 Å². The summed E-state index contributed by atoms with van der Waals surface area (Å²) in [5, 5.41) is 9.01. The Morgan fingerprint density at radius 2 is 1.65 bits per heavy atom. The van der Waals surface area contributed by atoms with E-state index in [1.807, 2.05) is 27.8 Å². The molecule has 0 spiro atoms. The lowest BCUT2D eigenvalue weighted by molar-refractivity contribution is -0.154. The number of esters is 1. The fourth-order valence-corrected chi connectivity index (χ4v) is 4.83. The highest BCUT2D eigenvalue weighted by atomic mass is 16.5. The Morgan fingerprint density at radius 1 is 1.06 bits per heavy atom. The molecule has 178 valence electrons. The van der Waals surface area contributed by atoms with Gasteiger partial charge in [-0.2, -0.15) is 0 Å². The zero-order valence-electron chi connectivity index (χ0n) is 20.9. The maximum Gasteiger partial charge on any atom is 0.328 e. The average molecular weight is 439 g/mol. The molecular formula is C23H42N4O4. The van der Waals surface area contributed by atoms with E-state index in [9.17, 15) is 14.4 Å². The Balaban J connectivity index is 2.20. The number of likely N-dealkylation sites (N-methyl/N-ethyl adjacent to an activating group) is 1. The Kier molecular flexibility index (Phi) is 7.06. The lowest BCUT2D eigenvalue weighted by atomic mass is 9.85. The lowest BCUT2D eigenvalue weighted by Gasteiger charge is -2.38. The summed E-state index contributed by atoms with van der Waals surface area (Å²) in [5.41, 5.74) is -0.665. The number of likely N-dealkylation sites (tertiary alicyclic amines) is 1. The molecular weight excluding hydrogens is 396 g/mol. The van der Waals surface area contributed by atoms with Crippen molar-refractivity contribution < 1.29 is 19.1 Å². The van der Waals surface area contributed by atoms with Crippen LogP contribution in [0.2, 0.25) is 0 Å². The van der Waals surface area contributed by atoms with E-state index in [2.05, 4.69) is 50.6 Å². The monoisotopic (exact) mass is 438 g/mol. The van der Waals surface area contributed by atoms with Gasteiger partial charge in [-0.05, 0) is 29.2 Å². The van der Waals surface area contributed by atoms with Gasteiger partial charge in [0.15, 0.2) is 0 Å². The van der Waals surface area contributed by atoms with Gasteiger partial charge in [-0.25, -0.2) is 9.59 Å². The second kappa shape index (κ2) is 8.60. The number of carbonyl (C=O) groups is 3. The second-order valence-corrected chi connectivity index (χ2v) is 11.8. The molecule has 8 nitrogen and oxygen atoms in total. The molecule has 1 aliphatic carbocycles. The van der Waals surface area contributed by atoms with Gasteiger partial charge in [0.05, 0.1) is 7.11 Å². The highest BCUT2D eigenvalue weighted by Crippen LogP contribution is 2.65. The number of piperidine rings is 1. The fraction of sp³-hybridized carbons (Fsp3) is 0.870. The van der Waals surface area contributed by atoms with Gasteiger partial charge >= 0.3 is 12.0 Å². The number of rotatable bonds is 6. The third-order valence-electron chi connectivity index (χ3n) is 7.08. The number of urea groups is 1. The molecule has 1 saturated carbocycles. The molecule has 3 N–H and O–H groups in total. The summed E-state index contributed by atoms with van der Waals surface area (Å²) in [4.78, 5) is 40.7. The van der Waals surface area contributed by atoms with Crippen molar-refractivity contribution in [1.82, 2.24) is 20.9 Å². The third kappa shape index (κ3) is 5.16. The predicted octanol–water partition coefficient (Wildman–Crippen LogP) is 1.99. The van der Waals surface area contributed by atoms with E-state index >= 15 is 0 Å². The van der Waals surface area contributed by atoms with Crippen molar-refractivity contribution in [1.29, 1.82) is 0 Å². The highest BCUT2D eigenvalue weighted by Gasteiger charge is 2.70. The summed E-state index contributed by atoms with van der Waals surface area (Å²) in [6.45, 7) is 17.3. The molecule has 3 amide bonds. The SMILES string of the molecule is CNC[C@@H](NC(=O)N[C@H](C(=O)N1C[C@H]2[C@@H]([C@H]1C(=O)OC)C2(C)C)C(C)(C)C)C(C)(C)C. The number of hydrogen-bond donors (Lipinski definition) is 3. The molecule has 1 aliphatic heterocycles. The first-order valence-corrected chi connectivity index (χ1v) is 11.2. The molecule has 2 aliphatic rings. The van der Waals surface area contributed by atoms with E-state index in [-0.39, 0.29) is 46.6 Å². The Labute approximate surface area is 187 Å². The van der Waals surface area contributed by atoms with Crippen LogP contribution in [0.1, 0.15) is 55.4 Å². The molecule has 8 heteroatoms. The van der Waals surface area contributed by atoms with Gasteiger partial charge in [-0.1, -0.05) is 55.4 Å². The van der Waals surface area contributed by atoms with Crippen molar-refractivity contribution in [3.05, 3.63) is 0 Å². The van der Waals surface area contributed by atoms with Crippen LogP contribution in [0.5, 0.6) is 0 Å². The summed E-state index contributed by atoms with van der Waals surface area (Å²) in [6.07, 6.45) is 0. The van der Waals surface area contributed by atoms with Crippen molar-refractivity contribution in [3.8, 4) is 0 Å². The van der Waals surface area contributed by atoms with Gasteiger partial charge in [0.1, 0.15) is 12.1 Å². The van der Waals surface area contributed by atoms with Gasteiger partial charge in [-0.3, -0.25) is 4.79 Å². The topological polar surface area (TPSA) is 99.8 Å². The number of nitrogens with one attached hydrogen (secondary N) is 3. The van der Waals surface area contributed by atoms with Gasteiger partial charge in [-0.15, -0.1) is 0 Å². The number of ether oxygens (including phenoxy) is 1. The molecule has 0 radical (unpaired) electrons. The van der Waals surface area contributed by atoms with Gasteiger partial charge in [0.25, 0.3) is 0 Å². The summed E-state index contributed by atoms with van der Waals surface area (Å²) in [7, 11) is 3.20. The fourth-order valence-electron chi connectivity index (χ4n) is 4.83. The summed E-state index contributed by atoms with van der Waals surface area (Å²) in [5.74, 6) is -0.248. The number of amides is 3. The van der Waals surface area contributed by atoms with Crippen LogP contribution in [0.25, 0.3) is 0 Å². The first-order chi connectivity index (χ1) is 14.1. The van der Waals surface area contributed by atoms with Crippen LogP contribution in [0, 0.1) is 28.1 Å². The molecule has 2 rings (SSSR count). The van der Waals surface area contributed by atoms with Crippen LogP contribution in [0.4, 0.5) is 4.79 Å². The maximum atomic E-state index is 13.6. The molecule has 2 fully saturated rings. The van der Waals surface area contributed by atoms with Crippen LogP contribution >= 0.6 is 0 Å². The van der Waals surface area contributed by atoms with Crippen molar-refractivity contribution in [2.75, 3.05) is 27.2 Å². The molecule has 0 bridgehead atoms. The van der Waals surface area contributed by atoms with Gasteiger partial charge in [0.2, 0.25) is 5.91 Å². The minimum atomic E-state index is -0.768. The average Bonchev–Trinajstić information content (AvgIpc) is 2.99. The molecule has 0 aromatic rings. The molecule has 0 aromatic heterocycles. The van der Waals surface area contributed by atoms with E-state index in [4.69, 9.17) is 4.74 Å². The zero-order valence-corrected chi connectivity index (χ0v) is 20.9. The largest absolute Gasteiger partial charge is 0.467 e. The normalized spacial score (nSPS) is 26.5. The zero-order chi connectivity index (χ0) is 23.9. The van der Waals surface area contributed by atoms with E-state index < -0.39 is 17.5 Å². The minimum absolute atomic E-state index is 0.0186. The summed E-state index contributed by atoms with van der Waals surface area (Å²) < 4.78 is 5.03. The summed E-state index contributed by atoms with van der Waals surface area (Å²) >= 11 is 0. The van der Waals surface area contributed by atoms with E-state index in [1.54, 1.807) is 4.90 Å². The van der Waals surface area contributed by atoms with Gasteiger partial charge in [0, 0.05) is 25.0 Å². The van der Waals surface area contributed by atoms with Gasteiger partial charge < -0.3 is 25.6 Å². The number of hydrogen-bond acceptors (Lipinski definition) is 5. The standard InChI is InChI=1S/C23H42N4O4/c1-21(2,3)14(11-24-9)25-20(30)26-17(22(4,5)6)18(28)27-12-13-15(23(13,7)8)16(27)19(29)31-10/h13-17,24H,11-12H2,1-10H3,(H2,25,26,30)/t13-,14+,15-,16-,17+/m0/s1. The Hall–Kier alpha value is -1.83. The molecule has 0 aromatic carbocycles. The number of nitrogens with zero attached hydrogens (tertiary/aromatic N) is 1. The second-order valence-electron chi connectivity index (χ2n) is 11.8. The highest BCUT2D eigenvalue weighted by molar-refractivity contribution is 5.92.